The van der Waals surface area contributed by atoms with Gasteiger partial charge in [0.05, 0.1) is 8.66 Å². The molecular weight excluding hydrogens is 332 g/mol. The second-order valence-corrected chi connectivity index (χ2v) is 8.05. The molecule has 1 aromatic carbocycles. The SMILES string of the molecule is CC(C)c1ccc(C(=O)c2ccc(Br)s2)c(C(C)C)c1. The molecule has 0 aliphatic rings. The van der Waals surface area contributed by atoms with E-state index < -0.39 is 0 Å². The Kier molecular flexibility index (Phi) is 4.82. The quantitative estimate of drug-likeness (QED) is 0.619. The topological polar surface area (TPSA) is 17.1 Å². The highest BCUT2D eigenvalue weighted by molar-refractivity contribution is 9.11. The second kappa shape index (κ2) is 6.23. The van der Waals surface area contributed by atoms with E-state index in [9.17, 15) is 4.79 Å². The van der Waals surface area contributed by atoms with Gasteiger partial charge < -0.3 is 0 Å². The van der Waals surface area contributed by atoms with Crippen LogP contribution in [0.4, 0.5) is 0 Å². The summed E-state index contributed by atoms with van der Waals surface area (Å²) < 4.78 is 0.991. The average molecular weight is 351 g/mol. The fourth-order valence-corrected chi connectivity index (χ4v) is 3.53. The van der Waals surface area contributed by atoms with E-state index in [0.717, 1.165) is 19.8 Å². The van der Waals surface area contributed by atoms with Gasteiger partial charge in [0.15, 0.2) is 0 Å². The lowest BCUT2D eigenvalue weighted by Crippen LogP contribution is -2.06. The maximum Gasteiger partial charge on any atom is 0.203 e. The van der Waals surface area contributed by atoms with Gasteiger partial charge in [-0.1, -0.05) is 45.9 Å². The van der Waals surface area contributed by atoms with Crippen LogP contribution in [0, 0.1) is 0 Å². The predicted molar refractivity (Wildman–Crippen MR) is 90.1 cm³/mol. The van der Waals surface area contributed by atoms with Crippen LogP contribution in [0.3, 0.4) is 0 Å². The van der Waals surface area contributed by atoms with Crippen LogP contribution in [0.1, 0.15) is 65.9 Å². The van der Waals surface area contributed by atoms with Crippen molar-refractivity contribution in [1.82, 2.24) is 0 Å². The van der Waals surface area contributed by atoms with E-state index in [1.54, 1.807) is 0 Å². The fourth-order valence-electron chi connectivity index (χ4n) is 2.19. The minimum Gasteiger partial charge on any atom is -0.288 e. The van der Waals surface area contributed by atoms with Crippen molar-refractivity contribution in [3.05, 3.63) is 55.7 Å². The standard InChI is InChI=1S/C17H19BrOS/c1-10(2)12-5-6-13(14(9-12)11(3)4)17(19)15-7-8-16(18)20-15/h5-11H,1-4H3. The Balaban J connectivity index is 2.48. The van der Waals surface area contributed by atoms with Crippen molar-refractivity contribution in [2.45, 2.75) is 39.5 Å². The van der Waals surface area contributed by atoms with Crippen molar-refractivity contribution in [1.29, 1.82) is 0 Å². The largest absolute Gasteiger partial charge is 0.288 e. The number of carbonyl (C=O) groups excluding carboxylic acids is 1. The zero-order chi connectivity index (χ0) is 14.9. The molecule has 1 nitrogen and oxygen atoms in total. The molecule has 1 heterocycles. The van der Waals surface area contributed by atoms with Crippen molar-refractivity contribution in [3.63, 3.8) is 0 Å². The smallest absolute Gasteiger partial charge is 0.203 e. The summed E-state index contributed by atoms with van der Waals surface area (Å²) in [5, 5.41) is 0. The molecule has 20 heavy (non-hydrogen) atoms. The van der Waals surface area contributed by atoms with Gasteiger partial charge in [-0.05, 0) is 51.0 Å². The van der Waals surface area contributed by atoms with Gasteiger partial charge in [-0.3, -0.25) is 4.79 Å². The Bertz CT molecular complexity index is 626. The molecule has 0 aliphatic heterocycles. The summed E-state index contributed by atoms with van der Waals surface area (Å²) in [6.45, 7) is 8.63. The van der Waals surface area contributed by atoms with Crippen molar-refractivity contribution in [3.8, 4) is 0 Å². The number of hydrogen-bond donors (Lipinski definition) is 0. The summed E-state index contributed by atoms with van der Waals surface area (Å²) in [6, 6.07) is 10.1. The lowest BCUT2D eigenvalue weighted by Gasteiger charge is -2.15. The monoisotopic (exact) mass is 350 g/mol. The molecule has 0 bridgehead atoms. The highest BCUT2D eigenvalue weighted by Crippen LogP contribution is 2.29. The van der Waals surface area contributed by atoms with Crippen LogP contribution < -0.4 is 0 Å². The van der Waals surface area contributed by atoms with Crippen molar-refractivity contribution < 1.29 is 4.79 Å². The number of hydrogen-bond acceptors (Lipinski definition) is 2. The Morgan fingerprint density at radius 3 is 2.25 bits per heavy atom. The molecule has 0 spiro atoms. The van der Waals surface area contributed by atoms with Crippen LogP contribution >= 0.6 is 27.3 Å². The summed E-state index contributed by atoms with van der Waals surface area (Å²) in [5.74, 6) is 0.947. The number of rotatable bonds is 4. The maximum absolute atomic E-state index is 12.7. The summed E-state index contributed by atoms with van der Waals surface area (Å²) in [5.41, 5.74) is 3.27. The Labute approximate surface area is 133 Å². The Morgan fingerprint density at radius 2 is 1.75 bits per heavy atom. The zero-order valence-electron chi connectivity index (χ0n) is 12.2. The first-order valence-electron chi connectivity index (χ1n) is 6.84. The molecule has 2 rings (SSSR count). The third-order valence-corrected chi connectivity index (χ3v) is 5.03. The molecule has 0 saturated heterocycles. The summed E-state index contributed by atoms with van der Waals surface area (Å²) >= 11 is 4.91. The molecule has 0 saturated carbocycles. The molecule has 2 aromatic rings. The van der Waals surface area contributed by atoms with E-state index in [2.05, 4.69) is 55.8 Å². The molecule has 0 radical (unpaired) electrons. The zero-order valence-corrected chi connectivity index (χ0v) is 14.6. The van der Waals surface area contributed by atoms with Crippen LogP contribution in [0.25, 0.3) is 0 Å². The second-order valence-electron chi connectivity index (χ2n) is 5.59. The minimum absolute atomic E-state index is 0.125. The Morgan fingerprint density at radius 1 is 1.05 bits per heavy atom. The molecular formula is C17H19BrOS. The number of ketones is 1. The van der Waals surface area contributed by atoms with Gasteiger partial charge in [0.25, 0.3) is 0 Å². The van der Waals surface area contributed by atoms with Gasteiger partial charge in [0.1, 0.15) is 0 Å². The molecule has 0 aliphatic carbocycles. The van der Waals surface area contributed by atoms with Crippen LogP contribution in [0.2, 0.25) is 0 Å². The minimum atomic E-state index is 0.125. The molecule has 0 atom stereocenters. The highest BCUT2D eigenvalue weighted by Gasteiger charge is 2.18. The number of carbonyl (C=O) groups is 1. The van der Waals surface area contributed by atoms with E-state index in [1.807, 2.05) is 18.2 Å². The molecule has 0 unspecified atom stereocenters. The van der Waals surface area contributed by atoms with Gasteiger partial charge in [-0.25, -0.2) is 0 Å². The molecule has 1 aromatic heterocycles. The Hall–Kier alpha value is -0.930. The van der Waals surface area contributed by atoms with Gasteiger partial charge in [0.2, 0.25) is 5.78 Å². The number of halogens is 1. The maximum atomic E-state index is 12.7. The van der Waals surface area contributed by atoms with Crippen LogP contribution in [-0.4, -0.2) is 5.78 Å². The average Bonchev–Trinajstić information content (AvgIpc) is 2.83. The van der Waals surface area contributed by atoms with Crippen molar-refractivity contribution >= 4 is 33.0 Å². The summed E-state index contributed by atoms with van der Waals surface area (Å²) in [7, 11) is 0. The van der Waals surface area contributed by atoms with Crippen LogP contribution in [0.15, 0.2) is 34.1 Å². The molecule has 106 valence electrons. The lowest BCUT2D eigenvalue weighted by molar-refractivity contribution is 0.104. The van der Waals surface area contributed by atoms with Crippen molar-refractivity contribution in [2.75, 3.05) is 0 Å². The number of thiophene rings is 1. The third-order valence-electron chi connectivity index (χ3n) is 3.41. The van der Waals surface area contributed by atoms with Gasteiger partial charge in [0, 0.05) is 5.56 Å². The molecule has 0 amide bonds. The summed E-state index contributed by atoms with van der Waals surface area (Å²) in [6.07, 6.45) is 0. The first-order valence-corrected chi connectivity index (χ1v) is 8.45. The number of benzene rings is 1. The summed E-state index contributed by atoms with van der Waals surface area (Å²) in [4.78, 5) is 13.4. The predicted octanol–water partition coefficient (Wildman–Crippen LogP) is 5.99. The van der Waals surface area contributed by atoms with E-state index in [0.29, 0.717) is 11.8 Å². The third kappa shape index (κ3) is 3.21. The first kappa shape index (κ1) is 15.5. The fraction of sp³-hybridized carbons (Fsp3) is 0.353. The van der Waals surface area contributed by atoms with E-state index in [-0.39, 0.29) is 5.78 Å². The normalized spacial score (nSPS) is 11.3. The first-order chi connectivity index (χ1) is 9.40. The van der Waals surface area contributed by atoms with Crippen LogP contribution in [0.5, 0.6) is 0 Å². The van der Waals surface area contributed by atoms with Crippen LogP contribution in [-0.2, 0) is 0 Å². The van der Waals surface area contributed by atoms with Gasteiger partial charge in [-0.2, -0.15) is 0 Å². The molecule has 3 heteroatoms. The lowest BCUT2D eigenvalue weighted by atomic mass is 9.89. The van der Waals surface area contributed by atoms with Gasteiger partial charge in [-0.15, -0.1) is 11.3 Å². The van der Waals surface area contributed by atoms with Gasteiger partial charge >= 0.3 is 0 Å². The highest BCUT2D eigenvalue weighted by atomic mass is 79.9. The molecule has 0 fully saturated rings. The van der Waals surface area contributed by atoms with E-state index in [4.69, 9.17) is 0 Å². The molecule has 0 N–H and O–H groups in total. The van der Waals surface area contributed by atoms with Crippen molar-refractivity contribution in [2.24, 2.45) is 0 Å². The van der Waals surface area contributed by atoms with E-state index in [1.165, 1.54) is 16.9 Å². The van der Waals surface area contributed by atoms with E-state index >= 15 is 0 Å².